The number of carbonyl (C=O) groups is 1. The fourth-order valence-corrected chi connectivity index (χ4v) is 3.73. The average Bonchev–Trinajstić information content (AvgIpc) is 3.68. The fraction of sp³-hybridized carbons (Fsp3) is 0.280. The van der Waals surface area contributed by atoms with Crippen molar-refractivity contribution in [3.8, 4) is 17.0 Å². The molecule has 1 saturated carbocycles. The Morgan fingerprint density at radius 1 is 1.17 bits per heavy atom. The van der Waals surface area contributed by atoms with Crippen molar-refractivity contribution in [2.75, 3.05) is 12.1 Å². The first-order valence-corrected chi connectivity index (χ1v) is 10.9. The Morgan fingerprint density at radius 3 is 2.43 bits per heavy atom. The molecule has 1 amide bonds. The molecule has 0 spiro atoms. The number of hydrazine groups is 2. The van der Waals surface area contributed by atoms with Crippen LogP contribution < -0.4 is 26.9 Å². The molecule has 5 N–H and O–H groups in total. The van der Waals surface area contributed by atoms with Gasteiger partial charge in [0.25, 0.3) is 0 Å². The Morgan fingerprint density at radius 2 is 1.86 bits per heavy atom. The molecule has 7 nitrogen and oxygen atoms in total. The van der Waals surface area contributed by atoms with Gasteiger partial charge in [0, 0.05) is 18.2 Å². The van der Waals surface area contributed by atoms with Crippen molar-refractivity contribution in [1.82, 2.24) is 10.4 Å². The molecule has 186 valence electrons. The van der Waals surface area contributed by atoms with E-state index in [2.05, 4.69) is 16.9 Å². The van der Waals surface area contributed by atoms with Crippen LogP contribution in [0.15, 0.2) is 54.6 Å². The predicted octanol–water partition coefficient (Wildman–Crippen LogP) is 4.45. The topological polar surface area (TPSA) is 106 Å². The number of pyridine rings is 1. The molecule has 1 fully saturated rings. The largest absolute Gasteiger partial charge is 0.489 e. The van der Waals surface area contributed by atoms with Crippen molar-refractivity contribution in [2.24, 2.45) is 11.7 Å². The summed E-state index contributed by atoms with van der Waals surface area (Å²) in [4.78, 5) is 12.7. The number of aryl methyl sites for hydroxylation is 1. The van der Waals surface area contributed by atoms with Crippen LogP contribution in [-0.4, -0.2) is 18.4 Å². The molecule has 0 radical (unpaired) electrons. The van der Waals surface area contributed by atoms with Gasteiger partial charge in [-0.15, -0.1) is 0 Å². The molecule has 0 saturated heterocycles. The lowest BCUT2D eigenvalue weighted by Gasteiger charge is -2.21. The zero-order valence-corrected chi connectivity index (χ0v) is 19.5. The van der Waals surface area contributed by atoms with Gasteiger partial charge in [-0.3, -0.25) is 10.2 Å². The number of anilines is 1. The van der Waals surface area contributed by atoms with Gasteiger partial charge in [0.1, 0.15) is 18.1 Å². The number of hydrogen-bond donors (Lipinski definition) is 3. The quantitative estimate of drug-likeness (QED) is 0.197. The van der Waals surface area contributed by atoms with E-state index >= 15 is 0 Å². The number of carbonyl (C=O) groups excluding carboxylic acids is 1. The lowest BCUT2D eigenvalue weighted by molar-refractivity contribution is -0.141. The smallest absolute Gasteiger partial charge is 0.433 e. The van der Waals surface area contributed by atoms with E-state index in [9.17, 15) is 13.2 Å². The molecule has 3 aromatic rings. The Labute approximate surface area is 201 Å². The van der Waals surface area contributed by atoms with Gasteiger partial charge in [0.2, 0.25) is 6.41 Å². The number of benzene rings is 2. The summed E-state index contributed by atoms with van der Waals surface area (Å²) in [6.45, 7) is 2.24. The van der Waals surface area contributed by atoms with E-state index < -0.39 is 11.9 Å². The van der Waals surface area contributed by atoms with Gasteiger partial charge in [-0.2, -0.15) is 13.2 Å². The molecule has 1 aromatic heterocycles. The van der Waals surface area contributed by atoms with Crippen molar-refractivity contribution in [1.29, 1.82) is 0 Å². The molecule has 1 aliphatic carbocycles. The number of nitrogens with zero attached hydrogens (tertiary/aromatic N) is 2. The Balaban J connectivity index is 0.000000795. The van der Waals surface area contributed by atoms with Crippen LogP contribution in [0.1, 0.15) is 41.1 Å². The third-order valence-corrected chi connectivity index (χ3v) is 5.53. The fourth-order valence-electron chi connectivity index (χ4n) is 3.73. The Hall–Kier alpha value is -3.63. The van der Waals surface area contributed by atoms with E-state index in [-0.39, 0.29) is 5.69 Å². The van der Waals surface area contributed by atoms with Gasteiger partial charge in [0.15, 0.2) is 0 Å². The maximum atomic E-state index is 13.0. The second-order valence-corrected chi connectivity index (χ2v) is 8.19. The second-order valence-electron chi connectivity index (χ2n) is 8.19. The van der Waals surface area contributed by atoms with Crippen LogP contribution >= 0.6 is 0 Å². The number of rotatable bonds is 7. The summed E-state index contributed by atoms with van der Waals surface area (Å²) < 4.78 is 45.0. The molecule has 1 heterocycles. The Bertz CT molecular complexity index is 1140. The molecule has 2 aromatic carbocycles. The monoisotopic (exact) mass is 487 g/mol. The molecule has 1 aliphatic rings. The van der Waals surface area contributed by atoms with Gasteiger partial charge in [0.05, 0.1) is 11.4 Å². The summed E-state index contributed by atoms with van der Waals surface area (Å²) in [7, 11) is 1.80. The third kappa shape index (κ3) is 6.71. The summed E-state index contributed by atoms with van der Waals surface area (Å²) in [5.74, 6) is 11.7. The molecule has 35 heavy (non-hydrogen) atoms. The summed E-state index contributed by atoms with van der Waals surface area (Å²) >= 11 is 0. The number of halogens is 3. The van der Waals surface area contributed by atoms with Crippen molar-refractivity contribution in [3.63, 3.8) is 0 Å². The Kier molecular flexibility index (Phi) is 8.31. The van der Waals surface area contributed by atoms with E-state index in [0.29, 0.717) is 30.2 Å². The van der Waals surface area contributed by atoms with Crippen LogP contribution in [0.4, 0.5) is 18.9 Å². The van der Waals surface area contributed by atoms with Crippen LogP contribution in [0.3, 0.4) is 0 Å². The van der Waals surface area contributed by atoms with E-state index in [1.54, 1.807) is 41.7 Å². The molecule has 10 heteroatoms. The van der Waals surface area contributed by atoms with Crippen LogP contribution in [0.25, 0.3) is 11.3 Å². The van der Waals surface area contributed by atoms with Crippen molar-refractivity contribution in [3.05, 3.63) is 77.0 Å². The number of nitrogens with two attached hydrogens (primary N) is 2. The maximum Gasteiger partial charge on any atom is 0.433 e. The molecule has 4 rings (SSSR count). The summed E-state index contributed by atoms with van der Waals surface area (Å²) in [6, 6.07) is 15.3. The normalized spacial score (nSPS) is 12.9. The minimum absolute atomic E-state index is 0.274. The molecular weight excluding hydrogens is 459 g/mol. The summed E-state index contributed by atoms with van der Waals surface area (Å²) in [5, 5.41) is 1.60. The minimum atomic E-state index is -4.48. The first-order valence-electron chi connectivity index (χ1n) is 10.9. The van der Waals surface area contributed by atoms with Crippen molar-refractivity contribution < 1.29 is 22.7 Å². The van der Waals surface area contributed by atoms with Crippen LogP contribution in [-0.2, 0) is 17.6 Å². The van der Waals surface area contributed by atoms with E-state index in [1.807, 2.05) is 19.1 Å². The molecule has 0 atom stereocenters. The van der Waals surface area contributed by atoms with E-state index in [0.717, 1.165) is 22.9 Å². The second kappa shape index (κ2) is 11.2. The number of alkyl halides is 3. The maximum absolute atomic E-state index is 13.0. The van der Waals surface area contributed by atoms with E-state index in [1.165, 1.54) is 24.5 Å². The summed E-state index contributed by atoms with van der Waals surface area (Å²) in [6.07, 6.45) is -1.73. The van der Waals surface area contributed by atoms with Crippen molar-refractivity contribution >= 4 is 12.1 Å². The average molecular weight is 488 g/mol. The first kappa shape index (κ1) is 26.0. The van der Waals surface area contributed by atoms with Gasteiger partial charge in [-0.25, -0.2) is 16.7 Å². The van der Waals surface area contributed by atoms with Gasteiger partial charge >= 0.3 is 6.18 Å². The predicted molar refractivity (Wildman–Crippen MR) is 128 cm³/mol. The van der Waals surface area contributed by atoms with E-state index in [4.69, 9.17) is 15.4 Å². The highest BCUT2D eigenvalue weighted by Gasteiger charge is 2.32. The highest BCUT2D eigenvalue weighted by atomic mass is 19.4. The standard InChI is InChI=1S/C24H24F3N3O.CH4N2O/c1-15-13-17(20-6-4-8-23(29-20)24(25,26)27)11-12-22(15)31-14-19-18(16-9-10-16)5-3-7-21(19)30(2)28;2-3-1-4/h3-8,11-13,16H,9-10,14,28H2,1-2H3;1H,2H2,(H,3,4). The zero-order chi connectivity index (χ0) is 25.6. The van der Waals surface area contributed by atoms with Crippen LogP contribution in [0, 0.1) is 6.92 Å². The van der Waals surface area contributed by atoms with Crippen LogP contribution in [0.5, 0.6) is 5.75 Å². The minimum Gasteiger partial charge on any atom is -0.489 e. The lowest BCUT2D eigenvalue weighted by Crippen LogP contribution is -2.27. The highest BCUT2D eigenvalue weighted by Crippen LogP contribution is 2.44. The third-order valence-electron chi connectivity index (χ3n) is 5.53. The number of nitrogens with one attached hydrogen (secondary N) is 1. The van der Waals surface area contributed by atoms with Crippen LogP contribution in [0.2, 0.25) is 0 Å². The SMILES string of the molecule is Cc1cc(-c2cccc(C(F)(F)F)n2)ccc1OCc1c(C2CC2)cccc1N(C)N.NNC=O. The number of hydrogen-bond acceptors (Lipinski definition) is 6. The summed E-state index contributed by atoms with van der Waals surface area (Å²) in [5.41, 5.74) is 5.80. The highest BCUT2D eigenvalue weighted by molar-refractivity contribution is 5.62. The lowest BCUT2D eigenvalue weighted by atomic mass is 10.0. The zero-order valence-electron chi connectivity index (χ0n) is 19.5. The molecule has 0 aliphatic heterocycles. The molecule has 0 bridgehead atoms. The first-order chi connectivity index (χ1) is 16.7. The number of ether oxygens (including phenoxy) is 1. The number of aromatic nitrogens is 1. The van der Waals surface area contributed by atoms with Gasteiger partial charge in [-0.05, 0) is 73.2 Å². The van der Waals surface area contributed by atoms with Gasteiger partial charge in [-0.1, -0.05) is 18.2 Å². The van der Waals surface area contributed by atoms with Crippen molar-refractivity contribution in [2.45, 2.75) is 38.5 Å². The van der Waals surface area contributed by atoms with Gasteiger partial charge < -0.3 is 9.75 Å². The number of amides is 1. The molecule has 0 unspecified atom stereocenters. The molecular formula is C25H28F3N5O2.